The smallest absolute Gasteiger partial charge is 0.0433 e. The summed E-state index contributed by atoms with van der Waals surface area (Å²) >= 11 is 0. The molecule has 64 valence electrons. The third-order valence-corrected chi connectivity index (χ3v) is 2.09. The molecule has 0 aliphatic carbocycles. The van der Waals surface area contributed by atoms with E-state index in [9.17, 15) is 0 Å². The van der Waals surface area contributed by atoms with E-state index in [-0.39, 0.29) is 0 Å². The summed E-state index contributed by atoms with van der Waals surface area (Å²) in [5, 5.41) is 7.54. The SMILES string of the molecule is C=N/N=C(\CC)C(C)C(C)C. The van der Waals surface area contributed by atoms with Crippen molar-refractivity contribution in [2.24, 2.45) is 22.0 Å². The molecule has 0 rings (SSSR count). The van der Waals surface area contributed by atoms with Crippen molar-refractivity contribution in [2.45, 2.75) is 34.1 Å². The Morgan fingerprint density at radius 2 is 1.91 bits per heavy atom. The largest absolute Gasteiger partial charge is 0.167 e. The normalized spacial score (nSPS) is 15.2. The van der Waals surface area contributed by atoms with Crippen molar-refractivity contribution in [1.82, 2.24) is 0 Å². The molecule has 0 spiro atoms. The molecule has 0 aromatic heterocycles. The average Bonchev–Trinajstić information content (AvgIpc) is 1.98. The van der Waals surface area contributed by atoms with E-state index in [0.29, 0.717) is 11.8 Å². The molecule has 2 nitrogen and oxygen atoms in total. The monoisotopic (exact) mass is 154 g/mol. The Kier molecular flexibility index (Phi) is 4.75. The number of nitrogens with zero attached hydrogens (tertiary/aromatic N) is 2. The van der Waals surface area contributed by atoms with Crippen LogP contribution in [0.5, 0.6) is 0 Å². The van der Waals surface area contributed by atoms with Crippen molar-refractivity contribution < 1.29 is 0 Å². The second-order valence-corrected chi connectivity index (χ2v) is 3.12. The van der Waals surface area contributed by atoms with Gasteiger partial charge in [0.1, 0.15) is 0 Å². The van der Waals surface area contributed by atoms with Crippen LogP contribution in [0.1, 0.15) is 34.1 Å². The van der Waals surface area contributed by atoms with Crippen LogP contribution in [-0.4, -0.2) is 12.4 Å². The Bertz CT molecular complexity index is 148. The third kappa shape index (κ3) is 3.30. The van der Waals surface area contributed by atoms with Crippen LogP contribution in [0.3, 0.4) is 0 Å². The molecule has 0 aromatic rings. The zero-order valence-electron chi connectivity index (χ0n) is 7.96. The fourth-order valence-corrected chi connectivity index (χ4v) is 0.959. The average molecular weight is 154 g/mol. The molecular weight excluding hydrogens is 136 g/mol. The Hall–Kier alpha value is -0.660. The Labute approximate surface area is 69.4 Å². The fourth-order valence-electron chi connectivity index (χ4n) is 0.959. The third-order valence-electron chi connectivity index (χ3n) is 2.09. The predicted octanol–water partition coefficient (Wildman–Crippen LogP) is 2.75. The Morgan fingerprint density at radius 3 is 2.18 bits per heavy atom. The van der Waals surface area contributed by atoms with Crippen molar-refractivity contribution in [3.8, 4) is 0 Å². The fraction of sp³-hybridized carbons (Fsp3) is 0.778. The maximum absolute atomic E-state index is 3.99. The first-order valence-electron chi connectivity index (χ1n) is 4.15. The zero-order valence-corrected chi connectivity index (χ0v) is 7.96. The minimum absolute atomic E-state index is 0.519. The summed E-state index contributed by atoms with van der Waals surface area (Å²) in [5.74, 6) is 1.15. The molecule has 0 heterocycles. The summed E-state index contributed by atoms with van der Waals surface area (Å²) in [6, 6.07) is 0. The molecule has 0 saturated heterocycles. The molecule has 0 aliphatic heterocycles. The minimum Gasteiger partial charge on any atom is -0.167 e. The van der Waals surface area contributed by atoms with Gasteiger partial charge in [-0.1, -0.05) is 27.7 Å². The number of hydrogen-bond acceptors (Lipinski definition) is 2. The van der Waals surface area contributed by atoms with Crippen molar-refractivity contribution in [3.63, 3.8) is 0 Å². The highest BCUT2D eigenvalue weighted by molar-refractivity contribution is 5.86. The van der Waals surface area contributed by atoms with Gasteiger partial charge in [0.25, 0.3) is 0 Å². The lowest BCUT2D eigenvalue weighted by atomic mass is 9.92. The van der Waals surface area contributed by atoms with Crippen LogP contribution in [0.2, 0.25) is 0 Å². The molecule has 0 aromatic carbocycles. The van der Waals surface area contributed by atoms with Crippen LogP contribution < -0.4 is 0 Å². The highest BCUT2D eigenvalue weighted by Gasteiger charge is 2.12. The molecule has 0 bridgehead atoms. The van der Waals surface area contributed by atoms with Crippen molar-refractivity contribution >= 4 is 12.4 Å². The van der Waals surface area contributed by atoms with E-state index in [1.807, 2.05) is 0 Å². The van der Waals surface area contributed by atoms with Gasteiger partial charge in [-0.15, -0.1) is 0 Å². The standard InChI is InChI=1S/C9H18N2/c1-6-9(11-10-5)8(4)7(2)3/h7-8H,5-6H2,1-4H3/b11-9+. The van der Waals surface area contributed by atoms with Crippen molar-refractivity contribution in [2.75, 3.05) is 0 Å². The zero-order chi connectivity index (χ0) is 8.85. The maximum Gasteiger partial charge on any atom is 0.0433 e. The summed E-state index contributed by atoms with van der Waals surface area (Å²) in [4.78, 5) is 0. The van der Waals surface area contributed by atoms with Gasteiger partial charge in [0, 0.05) is 12.4 Å². The van der Waals surface area contributed by atoms with Crippen LogP contribution in [0.25, 0.3) is 0 Å². The summed E-state index contributed by atoms with van der Waals surface area (Å²) in [6.07, 6.45) is 0.971. The van der Waals surface area contributed by atoms with Crippen molar-refractivity contribution in [1.29, 1.82) is 0 Å². The molecule has 2 heteroatoms. The molecule has 0 N–H and O–H groups in total. The molecular formula is C9H18N2. The van der Waals surface area contributed by atoms with Gasteiger partial charge in [-0.05, 0) is 18.3 Å². The first-order valence-corrected chi connectivity index (χ1v) is 4.15. The van der Waals surface area contributed by atoms with Gasteiger partial charge in [0.05, 0.1) is 0 Å². The molecule has 0 saturated carbocycles. The van der Waals surface area contributed by atoms with Crippen LogP contribution in [-0.2, 0) is 0 Å². The van der Waals surface area contributed by atoms with E-state index < -0.39 is 0 Å². The van der Waals surface area contributed by atoms with Crippen LogP contribution in [0, 0.1) is 11.8 Å². The molecule has 1 unspecified atom stereocenters. The van der Waals surface area contributed by atoms with Crippen LogP contribution in [0.15, 0.2) is 10.2 Å². The van der Waals surface area contributed by atoms with E-state index in [1.165, 1.54) is 0 Å². The molecule has 0 fully saturated rings. The lowest BCUT2D eigenvalue weighted by Gasteiger charge is -2.15. The number of rotatable bonds is 4. The van der Waals surface area contributed by atoms with Gasteiger partial charge in [0.2, 0.25) is 0 Å². The predicted molar refractivity (Wildman–Crippen MR) is 51.3 cm³/mol. The second-order valence-electron chi connectivity index (χ2n) is 3.12. The summed E-state index contributed by atoms with van der Waals surface area (Å²) < 4.78 is 0. The molecule has 1 atom stereocenters. The summed E-state index contributed by atoms with van der Waals surface area (Å²) in [7, 11) is 0. The molecule has 0 aliphatic rings. The summed E-state index contributed by atoms with van der Waals surface area (Å²) in [5.41, 5.74) is 1.15. The second kappa shape index (κ2) is 5.05. The van der Waals surface area contributed by atoms with Gasteiger partial charge >= 0.3 is 0 Å². The van der Waals surface area contributed by atoms with Crippen molar-refractivity contribution in [3.05, 3.63) is 0 Å². The van der Waals surface area contributed by atoms with Crippen LogP contribution >= 0.6 is 0 Å². The first-order chi connectivity index (χ1) is 5.13. The van der Waals surface area contributed by atoms with E-state index in [4.69, 9.17) is 0 Å². The molecule has 0 amide bonds. The van der Waals surface area contributed by atoms with Gasteiger partial charge in [-0.3, -0.25) is 0 Å². The lowest BCUT2D eigenvalue weighted by molar-refractivity contribution is 0.525. The van der Waals surface area contributed by atoms with E-state index in [2.05, 4.69) is 44.6 Å². The van der Waals surface area contributed by atoms with Gasteiger partial charge in [0.15, 0.2) is 0 Å². The van der Waals surface area contributed by atoms with Gasteiger partial charge < -0.3 is 0 Å². The molecule has 11 heavy (non-hydrogen) atoms. The molecule has 0 radical (unpaired) electrons. The summed E-state index contributed by atoms with van der Waals surface area (Å²) in [6.45, 7) is 12.0. The van der Waals surface area contributed by atoms with Crippen LogP contribution in [0.4, 0.5) is 0 Å². The van der Waals surface area contributed by atoms with Gasteiger partial charge in [-0.25, -0.2) is 0 Å². The maximum atomic E-state index is 3.99. The Balaban J connectivity index is 4.25. The quantitative estimate of drug-likeness (QED) is 0.439. The Morgan fingerprint density at radius 1 is 1.36 bits per heavy atom. The van der Waals surface area contributed by atoms with E-state index in [1.54, 1.807) is 0 Å². The lowest BCUT2D eigenvalue weighted by Crippen LogP contribution is -2.15. The van der Waals surface area contributed by atoms with Gasteiger partial charge in [-0.2, -0.15) is 10.2 Å². The highest BCUT2D eigenvalue weighted by Crippen LogP contribution is 2.13. The first kappa shape index (κ1) is 10.3. The topological polar surface area (TPSA) is 24.7 Å². The number of hydrogen-bond donors (Lipinski definition) is 0. The van der Waals surface area contributed by atoms with E-state index in [0.717, 1.165) is 12.1 Å². The minimum atomic E-state index is 0.519. The van der Waals surface area contributed by atoms with E-state index >= 15 is 0 Å². The highest BCUT2D eigenvalue weighted by atomic mass is 15.2.